The molecule has 2 saturated heterocycles. The van der Waals surface area contributed by atoms with Gasteiger partial charge in [-0.2, -0.15) is 0 Å². The van der Waals surface area contributed by atoms with E-state index in [0.29, 0.717) is 63.5 Å². The number of fused-ring (bicyclic) bond motifs is 3. The van der Waals surface area contributed by atoms with E-state index in [2.05, 4.69) is 5.32 Å². The van der Waals surface area contributed by atoms with Crippen LogP contribution in [0.15, 0.2) is 23.3 Å². The fourth-order valence-electron chi connectivity index (χ4n) is 10.1. The highest BCUT2D eigenvalue weighted by Crippen LogP contribution is 2.39. The van der Waals surface area contributed by atoms with Crippen molar-refractivity contribution in [1.82, 2.24) is 10.2 Å². The summed E-state index contributed by atoms with van der Waals surface area (Å²) in [5.74, 6) is -8.86. The second-order valence-electron chi connectivity index (χ2n) is 18.8. The van der Waals surface area contributed by atoms with Crippen molar-refractivity contribution in [2.75, 3.05) is 34.0 Å². The van der Waals surface area contributed by atoms with Crippen molar-refractivity contribution in [3.8, 4) is 0 Å². The number of piperidine rings is 1. The molecule has 0 aromatic rings. The van der Waals surface area contributed by atoms with Crippen LogP contribution in [0.5, 0.6) is 0 Å². The van der Waals surface area contributed by atoms with Crippen molar-refractivity contribution in [3.05, 3.63) is 23.3 Å². The van der Waals surface area contributed by atoms with Crippen molar-refractivity contribution in [1.29, 1.82) is 0 Å². The number of aliphatic hydroxyl groups is 2. The molecular formula is C48H76N2O14. The topological polar surface area (TPSA) is 214 Å². The largest absolute Gasteiger partial charge is 0.456 e. The number of methoxy groups -OCH3 is 2. The molecule has 3 heterocycles. The molecule has 3 N–H and O–H groups in total. The van der Waals surface area contributed by atoms with Gasteiger partial charge in [0.05, 0.1) is 30.5 Å². The third-order valence-electron chi connectivity index (χ3n) is 13.8. The first kappa shape index (κ1) is 53.1. The van der Waals surface area contributed by atoms with E-state index in [1.165, 1.54) is 26.0 Å². The Bertz CT molecular complexity index is 1700. The summed E-state index contributed by atoms with van der Waals surface area (Å²) in [6, 6.07) is -1.51. The van der Waals surface area contributed by atoms with E-state index in [0.717, 1.165) is 5.57 Å². The molecule has 14 unspecified atom stereocenters. The number of ether oxygens (including phenoxy) is 6. The summed E-state index contributed by atoms with van der Waals surface area (Å²) < 4.78 is 35.3. The Kier molecular flexibility index (Phi) is 20.1. The Balaban J connectivity index is 1.72. The van der Waals surface area contributed by atoms with Crippen LogP contribution >= 0.6 is 0 Å². The van der Waals surface area contributed by atoms with E-state index in [9.17, 15) is 39.0 Å². The molecule has 362 valence electrons. The van der Waals surface area contributed by atoms with E-state index in [-0.39, 0.29) is 55.6 Å². The van der Waals surface area contributed by atoms with Crippen LogP contribution in [0.1, 0.15) is 126 Å². The molecule has 3 aliphatic heterocycles. The molecule has 16 heteroatoms. The first-order valence-electron chi connectivity index (χ1n) is 23.4. The highest BCUT2D eigenvalue weighted by molar-refractivity contribution is 6.39. The van der Waals surface area contributed by atoms with Gasteiger partial charge in [-0.05, 0) is 102 Å². The number of ketones is 2. The molecule has 2 amide bonds. The van der Waals surface area contributed by atoms with Gasteiger partial charge in [0.15, 0.2) is 6.61 Å². The van der Waals surface area contributed by atoms with Crippen molar-refractivity contribution >= 4 is 35.3 Å². The van der Waals surface area contributed by atoms with E-state index in [1.54, 1.807) is 20.8 Å². The minimum atomic E-state index is -2.53. The highest BCUT2D eigenvalue weighted by Gasteiger charge is 2.56. The lowest BCUT2D eigenvalue weighted by Crippen LogP contribution is -2.64. The first-order valence-corrected chi connectivity index (χ1v) is 23.4. The average Bonchev–Trinajstić information content (AvgIpc) is 3.26. The smallest absolute Gasteiger partial charge is 0.329 e. The van der Waals surface area contributed by atoms with Gasteiger partial charge in [0.25, 0.3) is 17.6 Å². The van der Waals surface area contributed by atoms with E-state index >= 15 is 0 Å². The molecular weight excluding hydrogens is 829 g/mol. The molecule has 1 aliphatic carbocycles. The molecule has 16 nitrogen and oxygen atoms in total. The second kappa shape index (κ2) is 24.3. The lowest BCUT2D eigenvalue weighted by atomic mass is 9.80. The number of nitrogens with zero attached hydrogens (tertiary/aromatic N) is 1. The number of amides is 2. The van der Waals surface area contributed by atoms with Crippen LogP contribution in [0.3, 0.4) is 0 Å². The number of nitrogens with one attached hydrogen (secondary N) is 1. The van der Waals surface area contributed by atoms with Gasteiger partial charge in [-0.1, -0.05) is 45.4 Å². The van der Waals surface area contributed by atoms with E-state index in [4.69, 9.17) is 28.4 Å². The van der Waals surface area contributed by atoms with Crippen LogP contribution in [0, 0.1) is 29.6 Å². The van der Waals surface area contributed by atoms with Crippen LogP contribution in [0.4, 0.5) is 0 Å². The Morgan fingerprint density at radius 2 is 1.64 bits per heavy atom. The summed E-state index contributed by atoms with van der Waals surface area (Å²) in [5, 5.41) is 26.8. The molecule has 4 aliphatic rings. The second-order valence-corrected chi connectivity index (χ2v) is 18.8. The van der Waals surface area contributed by atoms with Crippen molar-refractivity contribution in [2.45, 2.75) is 181 Å². The van der Waals surface area contributed by atoms with Gasteiger partial charge in [0, 0.05) is 58.5 Å². The number of hydrogen-bond acceptors (Lipinski definition) is 14. The van der Waals surface area contributed by atoms with E-state index in [1.807, 2.05) is 39.8 Å². The van der Waals surface area contributed by atoms with Gasteiger partial charge in [0.2, 0.25) is 5.79 Å². The zero-order chi connectivity index (χ0) is 47.5. The standard InChI is InChI=1S/C48H76N2O14/c1-11-34-20-27(3)19-28(4)21-40(59-9)44-41(60-10)23-30(6)48(58,64-44)45(55)46(56)50-18-14-13-15-36(50)47(57)63-43(31(7)37(52)25-38(34)53)29(5)22-33-16-17-35(39(24-33)61-12-2)49-42(54)26-62-32(8)51/h20,22,28,30-31,33-37,39-41,43-44,52,58H,11-19,21,23-26H2,1-10H3,(H,49,54). The van der Waals surface area contributed by atoms with Crippen LogP contribution in [0.2, 0.25) is 0 Å². The van der Waals surface area contributed by atoms with Crippen LogP contribution in [0.25, 0.3) is 0 Å². The lowest BCUT2D eigenvalue weighted by molar-refractivity contribution is -0.302. The number of cyclic esters (lactones) is 1. The number of carbonyl (C=O) groups excluding carboxylic acids is 6. The van der Waals surface area contributed by atoms with Gasteiger partial charge in [-0.25, -0.2) is 4.79 Å². The number of Topliss-reactive ketones (excluding diaryl/α,β-unsaturated/α-hetero) is 2. The number of esters is 2. The summed E-state index contributed by atoms with van der Waals surface area (Å²) in [6.07, 6.45) is 3.76. The molecule has 14 atom stereocenters. The normalized spacial score (nSPS) is 36.8. The third-order valence-corrected chi connectivity index (χ3v) is 13.8. The average molecular weight is 905 g/mol. The molecule has 4 rings (SSSR count). The molecule has 0 aromatic carbocycles. The summed E-state index contributed by atoms with van der Waals surface area (Å²) in [5.41, 5.74) is 1.59. The maximum Gasteiger partial charge on any atom is 0.329 e. The van der Waals surface area contributed by atoms with Crippen LogP contribution in [-0.4, -0.2) is 139 Å². The fraction of sp³-hybridized carbons (Fsp3) is 0.792. The summed E-state index contributed by atoms with van der Waals surface area (Å²) in [7, 11) is 3.05. The quantitative estimate of drug-likeness (QED) is 0.156. The first-order chi connectivity index (χ1) is 30.3. The Morgan fingerprint density at radius 1 is 0.953 bits per heavy atom. The van der Waals surface area contributed by atoms with E-state index < -0.39 is 96.2 Å². The molecule has 0 spiro atoms. The number of hydrogen-bond donors (Lipinski definition) is 3. The minimum absolute atomic E-state index is 0.0113. The van der Waals surface area contributed by atoms with Crippen molar-refractivity contribution in [3.63, 3.8) is 0 Å². The number of aliphatic hydroxyl groups excluding tert-OH is 1. The summed E-state index contributed by atoms with van der Waals surface area (Å²) in [6.45, 7) is 14.2. The van der Waals surface area contributed by atoms with Gasteiger partial charge < -0.3 is 48.9 Å². The minimum Gasteiger partial charge on any atom is -0.456 e. The van der Waals surface area contributed by atoms with Crippen molar-refractivity contribution < 1.29 is 67.4 Å². The lowest BCUT2D eigenvalue weighted by Gasteiger charge is -2.47. The predicted molar refractivity (Wildman–Crippen MR) is 235 cm³/mol. The molecule has 0 aromatic heterocycles. The van der Waals surface area contributed by atoms with Gasteiger partial charge >= 0.3 is 11.9 Å². The van der Waals surface area contributed by atoms with Crippen LogP contribution < -0.4 is 5.32 Å². The number of rotatable bonds is 10. The summed E-state index contributed by atoms with van der Waals surface area (Å²) in [4.78, 5) is 82.1. The Labute approximate surface area is 379 Å². The molecule has 64 heavy (non-hydrogen) atoms. The molecule has 3 fully saturated rings. The predicted octanol–water partition coefficient (Wildman–Crippen LogP) is 4.55. The van der Waals surface area contributed by atoms with Gasteiger partial charge in [0.1, 0.15) is 24.0 Å². The summed E-state index contributed by atoms with van der Waals surface area (Å²) >= 11 is 0. The van der Waals surface area contributed by atoms with Gasteiger partial charge in [-0.3, -0.25) is 24.0 Å². The molecule has 1 saturated carbocycles. The number of carbonyl (C=O) groups is 6. The Hall–Kier alpha value is -3.54. The molecule has 0 radical (unpaired) electrons. The monoisotopic (exact) mass is 905 g/mol. The Morgan fingerprint density at radius 3 is 2.28 bits per heavy atom. The van der Waals surface area contributed by atoms with Crippen molar-refractivity contribution in [2.24, 2.45) is 29.6 Å². The molecule has 2 bridgehead atoms. The fourth-order valence-corrected chi connectivity index (χ4v) is 10.1. The zero-order valence-corrected chi connectivity index (χ0v) is 39.8. The zero-order valence-electron chi connectivity index (χ0n) is 39.8. The number of allylic oxidation sites excluding steroid dienone is 3. The van der Waals surface area contributed by atoms with Gasteiger partial charge in [-0.15, -0.1) is 0 Å². The maximum atomic E-state index is 14.5. The highest BCUT2D eigenvalue weighted by atomic mass is 16.7. The SMILES string of the molecule is CCOC1CC(C=C(C)C2OC(=O)C3CCCCN3C(=O)C(=O)C3(O)OC(C(OC)CC(C)CC(C)=CC(CC)C(=O)CC(O)C2C)C(OC)CC3C)CCC1NC(=O)COC(C)=O. The van der Waals surface area contributed by atoms with Crippen LogP contribution in [-0.2, 0) is 57.2 Å². The third kappa shape index (κ3) is 13.5. The maximum absolute atomic E-state index is 14.5.